The maximum absolute atomic E-state index is 12.9. The number of halogens is 2. The molecular formula is C73H76Cl2N18O4S3. The highest BCUT2D eigenvalue weighted by molar-refractivity contribution is 7.15. The van der Waals surface area contributed by atoms with E-state index in [0.717, 1.165) is 107 Å². The summed E-state index contributed by atoms with van der Waals surface area (Å²) in [5, 5.41) is 36.9. The maximum atomic E-state index is 12.9. The van der Waals surface area contributed by atoms with Gasteiger partial charge in [0.2, 0.25) is 11.8 Å². The fraction of sp³-hybridized carbons (Fsp3) is 0.329. The zero-order chi connectivity index (χ0) is 70.7. The molecule has 3 atom stereocenters. The monoisotopic (exact) mass is 1430 g/mol. The summed E-state index contributed by atoms with van der Waals surface area (Å²) in [5.41, 5.74) is 12.6. The van der Waals surface area contributed by atoms with Gasteiger partial charge in [-0.05, 0) is 161 Å². The number of imidazole rings is 1. The summed E-state index contributed by atoms with van der Waals surface area (Å²) >= 11 is 17.4. The number of esters is 1. The number of aromatic nitrogens is 13. The number of fused-ring (bicyclic) bond motifs is 9. The third-order valence-corrected chi connectivity index (χ3v) is 21.5. The van der Waals surface area contributed by atoms with Crippen molar-refractivity contribution in [3.8, 4) is 15.0 Å². The van der Waals surface area contributed by atoms with Gasteiger partial charge in [-0.25, -0.2) is 4.98 Å². The lowest BCUT2D eigenvalue weighted by Gasteiger charge is -2.21. The summed E-state index contributed by atoms with van der Waals surface area (Å²) in [6, 6.07) is 21.8. The van der Waals surface area contributed by atoms with Crippen LogP contribution in [0.15, 0.2) is 131 Å². The highest BCUT2D eigenvalue weighted by Crippen LogP contribution is 2.43. The van der Waals surface area contributed by atoms with Crippen molar-refractivity contribution in [2.75, 3.05) is 13.1 Å². The van der Waals surface area contributed by atoms with E-state index in [-0.39, 0.29) is 36.7 Å². The molecule has 0 bridgehead atoms. The van der Waals surface area contributed by atoms with E-state index < -0.39 is 17.7 Å². The van der Waals surface area contributed by atoms with Gasteiger partial charge in [-0.1, -0.05) is 53.5 Å². The number of aryl methyl sites for hydroxylation is 8. The van der Waals surface area contributed by atoms with E-state index in [2.05, 4.69) is 107 Å². The highest BCUT2D eigenvalue weighted by Gasteiger charge is 2.36. The van der Waals surface area contributed by atoms with Gasteiger partial charge >= 0.3 is 5.97 Å². The van der Waals surface area contributed by atoms with Crippen LogP contribution >= 0.6 is 57.2 Å². The SMILES string of the molecule is Cc1sc2c(c1C)C(c1ccc(Cl)cc1)=NC(CC(=O)NCCCn1ccnc1)c1nnc(C)n1-2.Cc1sc2c(c1C)C(c1ccc(Cl)cc1)=NC(CNC(=O)CCc1cccnc1)c1nnc(C)n1-2.Cc1sc2c(c1C)C(c1ccncc1)=NC(CC(=O)OC(C)(C)C)c1nnc(C)n1-2. The van der Waals surface area contributed by atoms with Gasteiger partial charge in [-0.3, -0.25) is 53.0 Å². The average molecular weight is 1440 g/mol. The van der Waals surface area contributed by atoms with Crippen LogP contribution in [-0.4, -0.2) is 117 Å². The van der Waals surface area contributed by atoms with Crippen LogP contribution in [-0.2, 0) is 32.1 Å². The van der Waals surface area contributed by atoms with Crippen LogP contribution in [0, 0.1) is 62.3 Å². The molecule has 0 saturated heterocycles. The third kappa shape index (κ3) is 15.3. The molecular weight excluding hydrogens is 1360 g/mol. The Balaban J connectivity index is 0.000000143. The van der Waals surface area contributed by atoms with Gasteiger partial charge in [-0.15, -0.1) is 64.6 Å². The summed E-state index contributed by atoms with van der Waals surface area (Å²) in [5.74, 6) is 4.00. The lowest BCUT2D eigenvalue weighted by Crippen LogP contribution is -2.29. The van der Waals surface area contributed by atoms with E-state index in [4.69, 9.17) is 42.9 Å². The molecule has 11 aromatic rings. The van der Waals surface area contributed by atoms with Gasteiger partial charge in [0.1, 0.15) is 56.2 Å². The number of benzene rings is 2. The van der Waals surface area contributed by atoms with Crippen molar-refractivity contribution in [1.82, 2.24) is 74.4 Å². The highest BCUT2D eigenvalue weighted by atomic mass is 35.5. The molecule has 3 aliphatic rings. The normalized spacial score (nSPS) is 15.0. The minimum atomic E-state index is -0.560. The number of ether oxygens (including phenoxy) is 1. The number of rotatable bonds is 16. The Morgan fingerprint density at radius 1 is 0.530 bits per heavy atom. The fourth-order valence-electron chi connectivity index (χ4n) is 12.1. The first kappa shape index (κ1) is 70.3. The summed E-state index contributed by atoms with van der Waals surface area (Å²) in [4.78, 5) is 69.6. The second-order valence-electron chi connectivity index (χ2n) is 25.6. The van der Waals surface area contributed by atoms with Gasteiger partial charge < -0.3 is 19.9 Å². The first-order chi connectivity index (χ1) is 48.0. The molecule has 27 heteroatoms. The molecule has 9 aromatic heterocycles. The second-order valence-corrected chi connectivity index (χ2v) is 30.1. The third-order valence-electron chi connectivity index (χ3n) is 17.4. The largest absolute Gasteiger partial charge is 0.460 e. The van der Waals surface area contributed by atoms with E-state index in [0.29, 0.717) is 47.6 Å². The quantitative estimate of drug-likeness (QED) is 0.0675. The Hall–Kier alpha value is -9.53. The summed E-state index contributed by atoms with van der Waals surface area (Å²) < 4.78 is 13.7. The lowest BCUT2D eigenvalue weighted by molar-refractivity contribution is -0.155. The number of amides is 2. The van der Waals surface area contributed by atoms with E-state index in [1.807, 2.05) is 130 Å². The zero-order valence-corrected chi connectivity index (χ0v) is 61.6. The lowest BCUT2D eigenvalue weighted by atomic mass is 9.99. The van der Waals surface area contributed by atoms with Crippen molar-refractivity contribution in [3.05, 3.63) is 232 Å². The van der Waals surface area contributed by atoms with Crippen molar-refractivity contribution in [2.24, 2.45) is 15.0 Å². The first-order valence-electron chi connectivity index (χ1n) is 32.8. The molecule has 100 heavy (non-hydrogen) atoms. The van der Waals surface area contributed by atoms with Crippen LogP contribution in [0.4, 0.5) is 0 Å². The molecule has 3 unspecified atom stereocenters. The molecule has 0 fully saturated rings. The van der Waals surface area contributed by atoms with Crippen LogP contribution in [0.25, 0.3) is 15.0 Å². The van der Waals surface area contributed by atoms with Crippen molar-refractivity contribution >= 4 is 92.1 Å². The number of hydrogen-bond acceptors (Lipinski definition) is 19. The van der Waals surface area contributed by atoms with E-state index in [9.17, 15) is 14.4 Å². The molecule has 3 aliphatic heterocycles. The molecule has 0 aliphatic carbocycles. The number of aliphatic imine (C=N–C) groups is 3. The van der Waals surface area contributed by atoms with Crippen LogP contribution in [0.3, 0.4) is 0 Å². The standard InChI is InChI=1S/C26H25ClN6OS.C25H26ClN7OS.C22H25N5O2S/c1-15-16(2)35-26-23(15)24(19-7-9-20(27)10-8-19)30-21(25-32-31-17(3)33(25)26)14-29-22(34)11-6-18-5-4-12-28-13-18;1-15-16(2)35-25-22(15)23(18-5-7-19(26)8-6-18)29-20(24-31-30-17(3)33(24)25)13-21(34)28-9-4-11-32-12-10-27-14-32;1-12-13(2)30-21-18(12)19(15-7-9-23-10-8-15)24-16(11-17(28)29-22(4,5)6)20-26-25-14(3)27(20)21/h4-5,7-10,12-13,21H,6,11,14H2,1-3H3,(H,29,34);5-8,10,12,14,20H,4,9,11,13H2,1-3H3,(H,28,34);7-10,16H,11H2,1-6H3. The van der Waals surface area contributed by atoms with Crippen LogP contribution < -0.4 is 10.6 Å². The zero-order valence-electron chi connectivity index (χ0n) is 57.6. The van der Waals surface area contributed by atoms with Crippen LogP contribution in [0.2, 0.25) is 10.0 Å². The molecule has 22 nitrogen and oxygen atoms in total. The Morgan fingerprint density at radius 2 is 1.00 bits per heavy atom. The van der Waals surface area contributed by atoms with Crippen LogP contribution in [0.1, 0.15) is 170 Å². The predicted molar refractivity (Wildman–Crippen MR) is 393 cm³/mol. The molecule has 0 radical (unpaired) electrons. The summed E-state index contributed by atoms with van der Waals surface area (Å²) in [6.45, 7) is 25.8. The van der Waals surface area contributed by atoms with Crippen molar-refractivity contribution in [1.29, 1.82) is 0 Å². The number of carbonyl (C=O) groups excluding carboxylic acids is 3. The van der Waals surface area contributed by atoms with Gasteiger partial charge in [-0.2, -0.15) is 0 Å². The van der Waals surface area contributed by atoms with E-state index >= 15 is 0 Å². The summed E-state index contributed by atoms with van der Waals surface area (Å²) in [7, 11) is 0. The number of carbonyl (C=O) groups is 3. The number of hydrogen-bond donors (Lipinski definition) is 2. The molecule has 12 heterocycles. The van der Waals surface area contributed by atoms with Gasteiger partial charge in [0.05, 0.1) is 36.3 Å². The van der Waals surface area contributed by atoms with Crippen molar-refractivity contribution < 1.29 is 19.1 Å². The maximum Gasteiger partial charge on any atom is 0.308 e. The molecule has 2 aromatic carbocycles. The van der Waals surface area contributed by atoms with Crippen molar-refractivity contribution in [3.63, 3.8) is 0 Å². The minimum absolute atomic E-state index is 0.0362. The topological polar surface area (TPSA) is 257 Å². The first-order valence-corrected chi connectivity index (χ1v) is 36.0. The van der Waals surface area contributed by atoms with Gasteiger partial charge in [0, 0.05) is 121 Å². The predicted octanol–water partition coefficient (Wildman–Crippen LogP) is 13.8. The van der Waals surface area contributed by atoms with Crippen LogP contribution in [0.5, 0.6) is 0 Å². The number of pyridine rings is 2. The number of nitrogens with one attached hydrogen (secondary N) is 2. The second kappa shape index (κ2) is 30.1. The fourth-order valence-corrected chi connectivity index (χ4v) is 16.0. The van der Waals surface area contributed by atoms with Gasteiger partial charge in [0.25, 0.3) is 0 Å². The molecule has 2 amide bonds. The Bertz CT molecular complexity index is 4900. The van der Waals surface area contributed by atoms with E-state index in [1.54, 1.807) is 71.3 Å². The smallest absolute Gasteiger partial charge is 0.308 e. The molecule has 2 N–H and O–H groups in total. The Kier molecular flexibility index (Phi) is 21.2. The minimum Gasteiger partial charge on any atom is -0.460 e. The van der Waals surface area contributed by atoms with Gasteiger partial charge in [0.15, 0.2) is 17.5 Å². The molecule has 514 valence electrons. The average Bonchev–Trinajstić information content (AvgIpc) is 1.61. The molecule has 0 saturated carbocycles. The molecule has 14 rings (SSSR count). The Morgan fingerprint density at radius 3 is 1.46 bits per heavy atom. The molecule has 0 spiro atoms. The number of thiophene rings is 3. The van der Waals surface area contributed by atoms with E-state index in [1.165, 1.54) is 31.3 Å². The van der Waals surface area contributed by atoms with Crippen molar-refractivity contribution in [2.45, 2.75) is 145 Å². The number of nitrogens with zero attached hydrogens (tertiary/aromatic N) is 16. The Labute approximate surface area is 601 Å². The summed E-state index contributed by atoms with van der Waals surface area (Å²) in [6.07, 6.45) is 14.6.